The third-order valence-electron chi connectivity index (χ3n) is 5.72. The summed E-state index contributed by atoms with van der Waals surface area (Å²) >= 11 is 0. The van der Waals surface area contributed by atoms with E-state index in [1.54, 1.807) is 0 Å². The Bertz CT molecular complexity index is 1080. The van der Waals surface area contributed by atoms with Gasteiger partial charge in [0.25, 0.3) is 5.91 Å². The molecule has 6 nitrogen and oxygen atoms in total. The molecule has 3 aromatic rings. The van der Waals surface area contributed by atoms with E-state index in [4.69, 9.17) is 0 Å². The minimum atomic E-state index is -0.206. The summed E-state index contributed by atoms with van der Waals surface area (Å²) in [6.45, 7) is 7.71. The van der Waals surface area contributed by atoms with Gasteiger partial charge in [-0.1, -0.05) is 41.5 Å². The molecule has 1 aromatic heterocycles. The number of carbonyl (C=O) groups excluding carboxylic acids is 2. The molecule has 2 aromatic carbocycles. The van der Waals surface area contributed by atoms with Gasteiger partial charge in [-0.3, -0.25) is 19.5 Å². The van der Waals surface area contributed by atoms with Crippen molar-refractivity contribution in [3.8, 4) is 0 Å². The number of carbonyl (C=O) groups is 2. The van der Waals surface area contributed by atoms with Crippen LogP contribution < -0.4 is 5.32 Å². The zero-order valence-electron chi connectivity index (χ0n) is 18.1. The highest BCUT2D eigenvalue weighted by Crippen LogP contribution is 2.18. The predicted octanol–water partition coefficient (Wildman–Crippen LogP) is 2.93. The fourth-order valence-corrected chi connectivity index (χ4v) is 4.17. The van der Waals surface area contributed by atoms with Gasteiger partial charge < -0.3 is 10.2 Å². The molecule has 6 heteroatoms. The lowest BCUT2D eigenvalue weighted by Gasteiger charge is -2.35. The largest absolute Gasteiger partial charge is 0.343 e. The molecule has 0 radical (unpaired) electrons. The van der Waals surface area contributed by atoms with Gasteiger partial charge in [0.15, 0.2) is 0 Å². The Kier molecular flexibility index (Phi) is 6.28. The van der Waals surface area contributed by atoms with Crippen molar-refractivity contribution >= 4 is 22.7 Å². The highest BCUT2D eigenvalue weighted by Gasteiger charge is 2.22. The van der Waals surface area contributed by atoms with Gasteiger partial charge in [-0.15, -0.1) is 0 Å². The molecule has 0 spiro atoms. The Morgan fingerprint density at radius 3 is 2.42 bits per heavy atom. The molecule has 0 atom stereocenters. The summed E-state index contributed by atoms with van der Waals surface area (Å²) in [6.07, 6.45) is 1.83. The summed E-state index contributed by atoms with van der Waals surface area (Å²) in [5.74, 6) is -0.244. The second-order valence-corrected chi connectivity index (χ2v) is 8.21. The number of para-hydroxylation sites is 1. The second-order valence-electron chi connectivity index (χ2n) is 8.21. The quantitative estimate of drug-likeness (QED) is 0.695. The molecular formula is C25H28N4O2. The van der Waals surface area contributed by atoms with Crippen LogP contribution in [0.5, 0.6) is 0 Å². The smallest absolute Gasteiger partial charge is 0.251 e. The molecule has 1 saturated heterocycles. The number of aromatic nitrogens is 1. The lowest BCUT2D eigenvalue weighted by Crippen LogP contribution is -2.50. The number of pyridine rings is 1. The van der Waals surface area contributed by atoms with Crippen LogP contribution in [-0.2, 0) is 11.3 Å². The fraction of sp³-hybridized carbons (Fsp3) is 0.320. The number of benzene rings is 2. The predicted molar refractivity (Wildman–Crippen MR) is 122 cm³/mol. The number of amides is 2. The van der Waals surface area contributed by atoms with Crippen molar-refractivity contribution in [1.29, 1.82) is 0 Å². The van der Waals surface area contributed by atoms with Crippen molar-refractivity contribution in [1.82, 2.24) is 20.1 Å². The van der Waals surface area contributed by atoms with Crippen molar-refractivity contribution < 1.29 is 9.59 Å². The van der Waals surface area contributed by atoms with Crippen LogP contribution in [0, 0.1) is 13.8 Å². The minimum Gasteiger partial charge on any atom is -0.343 e. The lowest BCUT2D eigenvalue weighted by atomic mass is 10.1. The lowest BCUT2D eigenvalue weighted by molar-refractivity contribution is -0.131. The average molecular weight is 417 g/mol. The van der Waals surface area contributed by atoms with Crippen LogP contribution >= 0.6 is 0 Å². The van der Waals surface area contributed by atoms with Crippen LogP contribution in [-0.4, -0.2) is 59.3 Å². The molecule has 1 aliphatic heterocycles. The normalized spacial score (nSPS) is 14.6. The van der Waals surface area contributed by atoms with Crippen LogP contribution in [0.2, 0.25) is 0 Å². The Morgan fingerprint density at radius 2 is 1.68 bits per heavy atom. The summed E-state index contributed by atoms with van der Waals surface area (Å²) < 4.78 is 0. The molecule has 0 bridgehead atoms. The average Bonchev–Trinajstić information content (AvgIpc) is 2.77. The van der Waals surface area contributed by atoms with Gasteiger partial charge in [0.1, 0.15) is 0 Å². The standard InChI is InChI=1S/C25H28N4O2/c1-18-13-19(2)15-22(14-18)25(31)27-16-23(30)29-11-9-28(10-12-29)17-21-6-3-5-20-7-4-8-26-24(20)21/h3-8,13-15H,9-12,16-17H2,1-2H3,(H,27,31). The topological polar surface area (TPSA) is 65.5 Å². The molecule has 1 fully saturated rings. The SMILES string of the molecule is Cc1cc(C)cc(C(=O)NCC(=O)N2CCN(Cc3cccc4cccnc34)CC2)c1. The molecule has 160 valence electrons. The maximum atomic E-state index is 12.6. The maximum absolute atomic E-state index is 12.6. The maximum Gasteiger partial charge on any atom is 0.251 e. The number of nitrogens with zero attached hydrogens (tertiary/aromatic N) is 3. The van der Waals surface area contributed by atoms with Gasteiger partial charge in [0.2, 0.25) is 5.91 Å². The van der Waals surface area contributed by atoms with Crippen molar-refractivity contribution in [2.75, 3.05) is 32.7 Å². The van der Waals surface area contributed by atoms with Crippen LogP contribution in [0.15, 0.2) is 54.7 Å². The zero-order valence-corrected chi connectivity index (χ0v) is 18.1. The molecular weight excluding hydrogens is 388 g/mol. The van der Waals surface area contributed by atoms with E-state index in [1.165, 1.54) is 5.56 Å². The van der Waals surface area contributed by atoms with Crippen LogP contribution in [0.3, 0.4) is 0 Å². The van der Waals surface area contributed by atoms with Gasteiger partial charge in [0, 0.05) is 49.9 Å². The molecule has 1 aliphatic rings. The van der Waals surface area contributed by atoms with E-state index >= 15 is 0 Å². The third-order valence-corrected chi connectivity index (χ3v) is 5.72. The van der Waals surface area contributed by atoms with Crippen molar-refractivity contribution in [3.05, 3.63) is 77.0 Å². The van der Waals surface area contributed by atoms with E-state index in [9.17, 15) is 9.59 Å². The first kappa shape index (κ1) is 21.0. The number of nitrogens with one attached hydrogen (secondary N) is 1. The molecule has 2 amide bonds. The first-order valence-corrected chi connectivity index (χ1v) is 10.7. The first-order chi connectivity index (χ1) is 15.0. The van der Waals surface area contributed by atoms with E-state index in [-0.39, 0.29) is 18.4 Å². The van der Waals surface area contributed by atoms with Gasteiger partial charge in [0.05, 0.1) is 12.1 Å². The highest BCUT2D eigenvalue weighted by molar-refractivity contribution is 5.96. The van der Waals surface area contributed by atoms with E-state index in [2.05, 4.69) is 39.5 Å². The number of hydrogen-bond acceptors (Lipinski definition) is 4. The molecule has 0 saturated carbocycles. The minimum absolute atomic E-state index is 0.0269. The van der Waals surface area contributed by atoms with Crippen molar-refractivity contribution in [2.45, 2.75) is 20.4 Å². The summed E-state index contributed by atoms with van der Waals surface area (Å²) in [7, 11) is 0. The van der Waals surface area contributed by atoms with E-state index < -0.39 is 0 Å². The van der Waals surface area contributed by atoms with Gasteiger partial charge >= 0.3 is 0 Å². The summed E-state index contributed by atoms with van der Waals surface area (Å²) in [5.41, 5.74) is 4.91. The molecule has 2 heterocycles. The third kappa shape index (κ3) is 5.09. The second kappa shape index (κ2) is 9.27. The summed E-state index contributed by atoms with van der Waals surface area (Å²) in [4.78, 5) is 33.7. The fourth-order valence-electron chi connectivity index (χ4n) is 4.17. The van der Waals surface area contributed by atoms with Gasteiger partial charge in [-0.2, -0.15) is 0 Å². The van der Waals surface area contributed by atoms with Crippen molar-refractivity contribution in [2.24, 2.45) is 0 Å². The van der Waals surface area contributed by atoms with Crippen LogP contribution in [0.25, 0.3) is 10.9 Å². The zero-order chi connectivity index (χ0) is 21.8. The first-order valence-electron chi connectivity index (χ1n) is 10.7. The Morgan fingerprint density at radius 1 is 0.968 bits per heavy atom. The summed E-state index contributed by atoms with van der Waals surface area (Å²) in [6, 6.07) is 16.0. The number of piperazine rings is 1. The molecule has 1 N–H and O–H groups in total. The van der Waals surface area contributed by atoms with E-state index in [0.29, 0.717) is 18.7 Å². The Hall–Kier alpha value is -3.25. The Balaban J connectivity index is 1.28. The monoisotopic (exact) mass is 416 g/mol. The number of hydrogen-bond donors (Lipinski definition) is 1. The number of aryl methyl sites for hydroxylation is 2. The highest BCUT2D eigenvalue weighted by atomic mass is 16.2. The van der Waals surface area contributed by atoms with Gasteiger partial charge in [-0.25, -0.2) is 0 Å². The van der Waals surface area contributed by atoms with E-state index in [0.717, 1.165) is 41.7 Å². The molecule has 0 aliphatic carbocycles. The number of rotatable bonds is 5. The molecule has 31 heavy (non-hydrogen) atoms. The molecule has 4 rings (SSSR count). The number of fused-ring (bicyclic) bond motifs is 1. The van der Waals surface area contributed by atoms with Crippen LogP contribution in [0.4, 0.5) is 0 Å². The summed E-state index contributed by atoms with van der Waals surface area (Å²) in [5, 5.41) is 3.92. The van der Waals surface area contributed by atoms with Gasteiger partial charge in [-0.05, 0) is 37.6 Å². The van der Waals surface area contributed by atoms with Crippen LogP contribution in [0.1, 0.15) is 27.0 Å². The molecule has 0 unspecified atom stereocenters. The Labute approximate surface area is 182 Å². The van der Waals surface area contributed by atoms with Crippen molar-refractivity contribution in [3.63, 3.8) is 0 Å². The van der Waals surface area contributed by atoms with E-state index in [1.807, 2.05) is 49.2 Å².